The Morgan fingerprint density at radius 1 is 1.03 bits per heavy atom. The minimum atomic E-state index is -5.10. The molecule has 9 nitrogen and oxygen atoms in total. The molecule has 0 radical (unpaired) electrons. The maximum Gasteiger partial charge on any atom is 0.416 e. The quantitative estimate of drug-likeness (QED) is 0.476. The first-order valence-corrected chi connectivity index (χ1v) is 11.6. The van der Waals surface area contributed by atoms with Gasteiger partial charge in [-0.05, 0) is 44.2 Å². The van der Waals surface area contributed by atoms with E-state index in [1.54, 1.807) is 4.90 Å². The number of amides is 2. The van der Waals surface area contributed by atoms with Crippen LogP contribution < -0.4 is 5.32 Å². The van der Waals surface area contributed by atoms with Crippen LogP contribution >= 0.6 is 0 Å². The summed E-state index contributed by atoms with van der Waals surface area (Å²) in [6, 6.07) is 2.54. The number of carbonyl (C=O) groups excluding carboxylic acids is 2. The standard InChI is InChI=1S/C24H22F6N6O3/c1-13-11-39-6-5-35(13)22(38)15-3-4-19(31-10-15)36-20(32-12-33-36)14(2)34-21(37)16-7-17(23(25,26)27)9-18(8-16)24(28,29)30/h3-4,7-10,12-14H,5-6,11H2,1-2H3,(H,34,37). The molecular weight excluding hydrogens is 534 g/mol. The highest BCUT2D eigenvalue weighted by atomic mass is 19.4. The van der Waals surface area contributed by atoms with Crippen molar-refractivity contribution in [1.82, 2.24) is 30.0 Å². The summed E-state index contributed by atoms with van der Waals surface area (Å²) in [5, 5.41) is 6.39. The Labute approximate surface area is 217 Å². The lowest BCUT2D eigenvalue weighted by Gasteiger charge is -2.33. The number of halogens is 6. The summed E-state index contributed by atoms with van der Waals surface area (Å²) in [7, 11) is 0. The van der Waals surface area contributed by atoms with E-state index in [0.29, 0.717) is 37.5 Å². The largest absolute Gasteiger partial charge is 0.416 e. The van der Waals surface area contributed by atoms with E-state index in [0.717, 1.165) is 6.33 Å². The molecule has 15 heteroatoms. The van der Waals surface area contributed by atoms with Crippen molar-refractivity contribution >= 4 is 11.8 Å². The zero-order chi connectivity index (χ0) is 28.5. The van der Waals surface area contributed by atoms with Gasteiger partial charge in [0.05, 0.1) is 42.0 Å². The first-order chi connectivity index (χ1) is 18.3. The SMILES string of the molecule is CC(NC(=O)c1cc(C(F)(F)F)cc(C(F)(F)F)c1)c1ncnn1-c1ccc(C(=O)N2CCOCC2C)cn1. The van der Waals surface area contributed by atoms with Gasteiger partial charge in [-0.3, -0.25) is 9.59 Å². The molecule has 0 bridgehead atoms. The zero-order valence-corrected chi connectivity index (χ0v) is 20.5. The van der Waals surface area contributed by atoms with Crippen molar-refractivity contribution < 1.29 is 40.7 Å². The fraction of sp³-hybridized carbons (Fsp3) is 0.375. The predicted molar refractivity (Wildman–Crippen MR) is 123 cm³/mol. The molecule has 3 aromatic rings. The third kappa shape index (κ3) is 6.19. The monoisotopic (exact) mass is 556 g/mol. The van der Waals surface area contributed by atoms with Crippen molar-refractivity contribution in [2.24, 2.45) is 0 Å². The predicted octanol–water partition coefficient (Wildman–Crippen LogP) is 4.05. The van der Waals surface area contributed by atoms with Crippen LogP contribution in [0.2, 0.25) is 0 Å². The number of alkyl halides is 6. The molecule has 39 heavy (non-hydrogen) atoms. The molecule has 0 saturated carbocycles. The molecule has 1 aromatic carbocycles. The van der Waals surface area contributed by atoms with Gasteiger partial charge in [0.2, 0.25) is 0 Å². The molecular formula is C24H22F6N6O3. The van der Waals surface area contributed by atoms with Crippen LogP contribution in [0.15, 0.2) is 42.9 Å². The maximum absolute atomic E-state index is 13.2. The summed E-state index contributed by atoms with van der Waals surface area (Å²) in [6.07, 6.45) is -7.71. The fourth-order valence-corrected chi connectivity index (χ4v) is 3.99. The summed E-state index contributed by atoms with van der Waals surface area (Å²) in [5.74, 6) is -1.10. The number of pyridine rings is 1. The number of carbonyl (C=O) groups is 2. The van der Waals surface area contributed by atoms with Gasteiger partial charge in [0.25, 0.3) is 11.8 Å². The Morgan fingerprint density at radius 2 is 1.69 bits per heavy atom. The first kappa shape index (κ1) is 28.0. The number of aromatic nitrogens is 4. The fourth-order valence-electron chi connectivity index (χ4n) is 3.99. The lowest BCUT2D eigenvalue weighted by Crippen LogP contribution is -2.47. The summed E-state index contributed by atoms with van der Waals surface area (Å²) >= 11 is 0. The molecule has 1 saturated heterocycles. The molecule has 0 spiro atoms. The maximum atomic E-state index is 13.2. The first-order valence-electron chi connectivity index (χ1n) is 11.6. The molecule has 3 heterocycles. The van der Waals surface area contributed by atoms with Crippen LogP contribution in [-0.2, 0) is 17.1 Å². The highest BCUT2D eigenvalue weighted by molar-refractivity contribution is 5.95. The molecule has 1 aliphatic heterocycles. The molecule has 2 amide bonds. The van der Waals surface area contributed by atoms with Crippen LogP contribution in [0.3, 0.4) is 0 Å². The van der Waals surface area contributed by atoms with Crippen molar-refractivity contribution in [2.45, 2.75) is 38.3 Å². The van der Waals surface area contributed by atoms with Gasteiger partial charge < -0.3 is 15.0 Å². The van der Waals surface area contributed by atoms with Gasteiger partial charge in [-0.1, -0.05) is 0 Å². The van der Waals surface area contributed by atoms with E-state index in [2.05, 4.69) is 20.4 Å². The van der Waals surface area contributed by atoms with E-state index in [1.165, 1.54) is 29.9 Å². The van der Waals surface area contributed by atoms with Crippen LogP contribution in [0, 0.1) is 0 Å². The number of hydrogen-bond acceptors (Lipinski definition) is 6. The zero-order valence-electron chi connectivity index (χ0n) is 20.5. The normalized spacial score (nSPS) is 17.1. The number of hydrogen-bond donors (Lipinski definition) is 1. The highest BCUT2D eigenvalue weighted by Crippen LogP contribution is 2.36. The van der Waals surface area contributed by atoms with E-state index in [9.17, 15) is 35.9 Å². The molecule has 0 aliphatic carbocycles. The van der Waals surface area contributed by atoms with Crippen LogP contribution in [0.25, 0.3) is 5.82 Å². The van der Waals surface area contributed by atoms with Crippen molar-refractivity contribution in [3.05, 3.63) is 70.9 Å². The van der Waals surface area contributed by atoms with Crippen molar-refractivity contribution in [1.29, 1.82) is 0 Å². The molecule has 1 fully saturated rings. The number of nitrogens with zero attached hydrogens (tertiary/aromatic N) is 5. The molecule has 2 aromatic heterocycles. The van der Waals surface area contributed by atoms with Crippen LogP contribution in [-0.4, -0.2) is 62.3 Å². The Kier molecular flexibility index (Phi) is 7.63. The van der Waals surface area contributed by atoms with Crippen LogP contribution in [0.4, 0.5) is 26.3 Å². The Bertz CT molecular complexity index is 1320. The molecule has 2 unspecified atom stereocenters. The number of rotatable bonds is 5. The number of benzene rings is 1. The number of morpholine rings is 1. The second-order valence-electron chi connectivity index (χ2n) is 8.85. The minimum absolute atomic E-state index is 0.0589. The average Bonchev–Trinajstić information content (AvgIpc) is 3.38. The van der Waals surface area contributed by atoms with Crippen molar-refractivity contribution in [3.8, 4) is 5.82 Å². The van der Waals surface area contributed by atoms with E-state index >= 15 is 0 Å². The molecule has 1 aliphatic rings. The summed E-state index contributed by atoms with van der Waals surface area (Å²) in [5.41, 5.74) is -3.72. The van der Waals surface area contributed by atoms with Gasteiger partial charge >= 0.3 is 12.4 Å². The smallest absolute Gasteiger partial charge is 0.377 e. The third-order valence-corrected chi connectivity index (χ3v) is 6.00. The van der Waals surface area contributed by atoms with E-state index < -0.39 is 41.0 Å². The van der Waals surface area contributed by atoms with E-state index in [-0.39, 0.29) is 29.7 Å². The highest BCUT2D eigenvalue weighted by Gasteiger charge is 2.37. The van der Waals surface area contributed by atoms with Crippen molar-refractivity contribution in [2.75, 3.05) is 19.8 Å². The number of ether oxygens (including phenoxy) is 1. The van der Waals surface area contributed by atoms with E-state index in [4.69, 9.17) is 4.74 Å². The average molecular weight is 556 g/mol. The Hall–Kier alpha value is -4.01. The Balaban J connectivity index is 1.54. The summed E-state index contributed by atoms with van der Waals surface area (Å²) in [4.78, 5) is 35.4. The Morgan fingerprint density at radius 3 is 2.26 bits per heavy atom. The third-order valence-electron chi connectivity index (χ3n) is 6.00. The lowest BCUT2D eigenvalue weighted by molar-refractivity contribution is -0.143. The minimum Gasteiger partial charge on any atom is -0.377 e. The van der Waals surface area contributed by atoms with Gasteiger partial charge in [-0.25, -0.2) is 9.97 Å². The van der Waals surface area contributed by atoms with Gasteiger partial charge in [0, 0.05) is 18.3 Å². The number of nitrogens with one attached hydrogen (secondary N) is 1. The van der Waals surface area contributed by atoms with Crippen LogP contribution in [0.5, 0.6) is 0 Å². The lowest BCUT2D eigenvalue weighted by atomic mass is 10.0. The van der Waals surface area contributed by atoms with Gasteiger partial charge in [-0.15, -0.1) is 0 Å². The second kappa shape index (κ2) is 10.6. The summed E-state index contributed by atoms with van der Waals surface area (Å²) < 4.78 is 85.6. The topological polar surface area (TPSA) is 102 Å². The summed E-state index contributed by atoms with van der Waals surface area (Å²) in [6.45, 7) is 4.56. The second-order valence-corrected chi connectivity index (χ2v) is 8.85. The molecule has 1 N–H and O–H groups in total. The van der Waals surface area contributed by atoms with E-state index in [1.807, 2.05) is 6.92 Å². The van der Waals surface area contributed by atoms with Gasteiger partial charge in [-0.2, -0.15) is 36.1 Å². The van der Waals surface area contributed by atoms with Crippen LogP contribution in [0.1, 0.15) is 57.6 Å². The van der Waals surface area contributed by atoms with Gasteiger partial charge in [0.1, 0.15) is 6.33 Å². The van der Waals surface area contributed by atoms with Gasteiger partial charge in [0.15, 0.2) is 11.6 Å². The molecule has 2 atom stereocenters. The van der Waals surface area contributed by atoms with Crippen molar-refractivity contribution in [3.63, 3.8) is 0 Å². The molecule has 4 rings (SSSR count). The molecule has 208 valence electrons.